The molecule has 1 amide bonds. The van der Waals surface area contributed by atoms with Crippen LogP contribution >= 0.6 is 0 Å². The number of Topliss-reactive ketones (excluding diaryl/α,β-unsaturated/α-hetero) is 1. The molecule has 0 saturated carbocycles. The van der Waals surface area contributed by atoms with E-state index in [-0.39, 0.29) is 11.7 Å². The number of rotatable bonds is 2. The molecule has 0 aliphatic carbocycles. The summed E-state index contributed by atoms with van der Waals surface area (Å²) in [6, 6.07) is 10.3. The molecule has 0 unspecified atom stereocenters. The van der Waals surface area contributed by atoms with E-state index in [4.69, 9.17) is 0 Å². The molecule has 1 heterocycles. The zero-order chi connectivity index (χ0) is 18.1. The molecule has 0 aromatic heterocycles. The van der Waals surface area contributed by atoms with Crippen molar-refractivity contribution in [3.8, 4) is 0 Å². The minimum Gasteiger partial charge on any atom is -0.336 e. The third-order valence-electron chi connectivity index (χ3n) is 3.14. The predicted molar refractivity (Wildman–Crippen MR) is 99.6 cm³/mol. The summed E-state index contributed by atoms with van der Waals surface area (Å²) in [6.07, 6.45) is 3.60. The first kappa shape index (κ1) is 23.6. The number of hydrogen-bond acceptors (Lipinski definition) is 2. The average Bonchev–Trinajstić information content (AvgIpc) is 2.65. The monoisotopic (exact) mass is 321 g/mol. The van der Waals surface area contributed by atoms with E-state index >= 15 is 0 Å². The number of nitrogens with zero attached hydrogens (tertiary/aromatic N) is 1. The Bertz CT molecular complexity index is 395. The molecular formula is C20H35NO2. The Hall–Kier alpha value is -1.64. The molecule has 1 fully saturated rings. The minimum atomic E-state index is -0.280. The first-order chi connectivity index (χ1) is 11.1. The van der Waals surface area contributed by atoms with E-state index in [9.17, 15) is 9.59 Å². The van der Waals surface area contributed by atoms with Crippen molar-refractivity contribution < 1.29 is 9.59 Å². The highest BCUT2D eigenvalue weighted by Gasteiger charge is 2.21. The predicted octanol–water partition coefficient (Wildman–Crippen LogP) is 5.03. The second-order valence-corrected chi connectivity index (χ2v) is 4.78. The Balaban J connectivity index is 0. The van der Waals surface area contributed by atoms with Gasteiger partial charge in [-0.15, -0.1) is 0 Å². The summed E-state index contributed by atoms with van der Waals surface area (Å²) in [4.78, 5) is 24.0. The van der Waals surface area contributed by atoms with Crippen LogP contribution in [0.25, 0.3) is 0 Å². The summed E-state index contributed by atoms with van der Waals surface area (Å²) in [5.41, 5.74) is 1.32. The molecule has 132 valence electrons. The van der Waals surface area contributed by atoms with Crippen molar-refractivity contribution in [2.45, 2.75) is 67.2 Å². The van der Waals surface area contributed by atoms with Gasteiger partial charge in [0.1, 0.15) is 0 Å². The van der Waals surface area contributed by atoms with Gasteiger partial charge >= 0.3 is 0 Å². The van der Waals surface area contributed by atoms with Crippen LogP contribution in [-0.2, 0) is 9.59 Å². The zero-order valence-electron chi connectivity index (χ0n) is 15.9. The number of benzene rings is 1. The Morgan fingerprint density at radius 2 is 1.39 bits per heavy atom. The molecule has 0 bridgehead atoms. The second kappa shape index (κ2) is 16.7. The van der Waals surface area contributed by atoms with Gasteiger partial charge in [0.25, 0.3) is 5.91 Å². The third-order valence-corrected chi connectivity index (χ3v) is 3.14. The molecular weight excluding hydrogens is 286 g/mol. The quantitative estimate of drug-likeness (QED) is 0.717. The highest BCUT2D eigenvalue weighted by Crippen LogP contribution is 2.09. The zero-order valence-corrected chi connectivity index (χ0v) is 15.9. The molecule has 0 spiro atoms. The van der Waals surface area contributed by atoms with Gasteiger partial charge in [0.2, 0.25) is 5.78 Å². The van der Waals surface area contributed by atoms with Crippen LogP contribution in [0.4, 0.5) is 0 Å². The van der Waals surface area contributed by atoms with Gasteiger partial charge in [0, 0.05) is 19.5 Å². The normalized spacial score (nSPS) is 12.3. The molecule has 3 heteroatoms. The van der Waals surface area contributed by atoms with Gasteiger partial charge in [0.15, 0.2) is 0 Å². The summed E-state index contributed by atoms with van der Waals surface area (Å²) in [6.45, 7) is 13.3. The number of likely N-dealkylation sites (tertiary alicyclic amines) is 1. The van der Waals surface area contributed by atoms with E-state index in [1.54, 1.807) is 11.8 Å². The SMILES string of the molecule is CC.CC.CCC(=O)C(=O)N1CCCCC1.Cc1ccccc1. The summed E-state index contributed by atoms with van der Waals surface area (Å²) in [5.74, 6) is -0.533. The van der Waals surface area contributed by atoms with Gasteiger partial charge in [-0.05, 0) is 26.2 Å². The molecule has 0 N–H and O–H groups in total. The lowest BCUT2D eigenvalue weighted by molar-refractivity contribution is -0.145. The van der Waals surface area contributed by atoms with Crippen LogP contribution in [0.2, 0.25) is 0 Å². The summed E-state index contributed by atoms with van der Waals surface area (Å²) in [5, 5.41) is 0. The molecule has 23 heavy (non-hydrogen) atoms. The maximum atomic E-state index is 11.3. The molecule has 0 atom stereocenters. The second-order valence-electron chi connectivity index (χ2n) is 4.78. The third kappa shape index (κ3) is 11.6. The van der Waals surface area contributed by atoms with Crippen LogP contribution in [-0.4, -0.2) is 29.7 Å². The van der Waals surface area contributed by atoms with E-state index in [2.05, 4.69) is 19.1 Å². The van der Waals surface area contributed by atoms with Crippen molar-refractivity contribution >= 4 is 11.7 Å². The smallest absolute Gasteiger partial charge is 0.289 e. The lowest BCUT2D eigenvalue weighted by Crippen LogP contribution is -2.39. The fourth-order valence-electron chi connectivity index (χ4n) is 1.96. The average molecular weight is 322 g/mol. The van der Waals surface area contributed by atoms with Gasteiger partial charge in [-0.3, -0.25) is 9.59 Å². The van der Waals surface area contributed by atoms with Gasteiger partial charge in [0.05, 0.1) is 0 Å². The molecule has 1 aromatic rings. The van der Waals surface area contributed by atoms with Crippen molar-refractivity contribution in [1.29, 1.82) is 0 Å². The number of amides is 1. The van der Waals surface area contributed by atoms with Crippen LogP contribution in [0.1, 0.15) is 65.9 Å². The highest BCUT2D eigenvalue weighted by atomic mass is 16.2. The molecule has 1 aromatic carbocycles. The van der Waals surface area contributed by atoms with Gasteiger partial charge in [-0.2, -0.15) is 0 Å². The summed E-state index contributed by atoms with van der Waals surface area (Å²) >= 11 is 0. The standard InChI is InChI=1S/C9H15NO2.C7H8.2C2H6/c1-2-8(11)9(12)10-6-4-3-5-7-10;1-7-5-3-2-4-6-7;2*1-2/h2-7H2,1H3;2-6H,1H3;2*1-2H3. The van der Waals surface area contributed by atoms with Crippen molar-refractivity contribution in [2.75, 3.05) is 13.1 Å². The van der Waals surface area contributed by atoms with Crippen LogP contribution in [0.15, 0.2) is 30.3 Å². The Morgan fingerprint density at radius 3 is 1.74 bits per heavy atom. The Labute approximate surface area is 143 Å². The fraction of sp³-hybridized carbons (Fsp3) is 0.600. The van der Waals surface area contributed by atoms with Crippen molar-refractivity contribution in [2.24, 2.45) is 0 Å². The molecule has 3 nitrogen and oxygen atoms in total. The Morgan fingerprint density at radius 1 is 0.913 bits per heavy atom. The van der Waals surface area contributed by atoms with E-state index in [0.717, 1.165) is 25.9 Å². The van der Waals surface area contributed by atoms with E-state index < -0.39 is 0 Å². The van der Waals surface area contributed by atoms with Crippen molar-refractivity contribution in [1.82, 2.24) is 4.90 Å². The molecule has 0 radical (unpaired) electrons. The topological polar surface area (TPSA) is 37.4 Å². The van der Waals surface area contributed by atoms with Gasteiger partial charge in [-0.25, -0.2) is 0 Å². The van der Waals surface area contributed by atoms with Crippen LogP contribution in [0.5, 0.6) is 0 Å². The number of carbonyl (C=O) groups is 2. The molecule has 1 saturated heterocycles. The summed E-state index contributed by atoms with van der Waals surface area (Å²) in [7, 11) is 0. The number of carbonyl (C=O) groups excluding carboxylic acids is 2. The van der Waals surface area contributed by atoms with E-state index in [0.29, 0.717) is 6.42 Å². The van der Waals surface area contributed by atoms with Crippen LogP contribution in [0, 0.1) is 6.92 Å². The minimum absolute atomic E-state index is 0.253. The number of piperidine rings is 1. The lowest BCUT2D eigenvalue weighted by Gasteiger charge is -2.25. The largest absolute Gasteiger partial charge is 0.336 e. The Kier molecular flexibility index (Phi) is 17.2. The summed E-state index contributed by atoms with van der Waals surface area (Å²) < 4.78 is 0. The highest BCUT2D eigenvalue weighted by molar-refractivity contribution is 6.35. The fourth-order valence-corrected chi connectivity index (χ4v) is 1.96. The first-order valence-electron chi connectivity index (χ1n) is 8.99. The molecule has 1 aliphatic heterocycles. The number of aryl methyl sites for hydroxylation is 1. The van der Waals surface area contributed by atoms with Crippen molar-refractivity contribution in [3.05, 3.63) is 35.9 Å². The number of hydrogen-bond donors (Lipinski definition) is 0. The maximum absolute atomic E-state index is 11.3. The van der Waals surface area contributed by atoms with Gasteiger partial charge in [-0.1, -0.05) is 70.5 Å². The van der Waals surface area contributed by atoms with Crippen molar-refractivity contribution in [3.63, 3.8) is 0 Å². The molecule has 2 rings (SSSR count). The molecule has 1 aliphatic rings. The maximum Gasteiger partial charge on any atom is 0.289 e. The lowest BCUT2D eigenvalue weighted by atomic mass is 10.1. The first-order valence-corrected chi connectivity index (χ1v) is 8.99. The van der Waals surface area contributed by atoms with Gasteiger partial charge < -0.3 is 4.90 Å². The van der Waals surface area contributed by atoms with E-state index in [1.165, 1.54) is 12.0 Å². The van der Waals surface area contributed by atoms with E-state index in [1.807, 2.05) is 45.9 Å². The van der Waals surface area contributed by atoms with Crippen LogP contribution < -0.4 is 0 Å². The number of ketones is 1. The van der Waals surface area contributed by atoms with Crippen LogP contribution in [0.3, 0.4) is 0 Å².